The summed E-state index contributed by atoms with van der Waals surface area (Å²) in [5.74, 6) is 0. The summed E-state index contributed by atoms with van der Waals surface area (Å²) in [5.41, 5.74) is 1.32. The van der Waals surface area contributed by atoms with Crippen molar-refractivity contribution in [3.8, 4) is 0 Å². The van der Waals surface area contributed by atoms with E-state index in [1.807, 2.05) is 91.0 Å². The van der Waals surface area contributed by atoms with Crippen LogP contribution in [0.3, 0.4) is 0 Å². The Bertz CT molecular complexity index is 1350. The second-order valence-corrected chi connectivity index (χ2v) is 8.61. The Kier molecular flexibility index (Phi) is 8.13. The van der Waals surface area contributed by atoms with Crippen molar-refractivity contribution in [3.05, 3.63) is 166 Å². The molecule has 0 fully saturated rings. The number of hydrogen-bond donors (Lipinski definition) is 1. The monoisotopic (exact) mass is 494 g/mol. The topological polar surface area (TPSA) is 73.3 Å². The fraction of sp³-hybridized carbons (Fsp3) is 0.161. The highest BCUT2D eigenvalue weighted by Crippen LogP contribution is 2.40. The van der Waals surface area contributed by atoms with Gasteiger partial charge < -0.3 is 9.47 Å². The minimum atomic E-state index is -0.927. The molecule has 0 amide bonds. The largest absolute Gasteiger partial charge is 0.358 e. The lowest BCUT2D eigenvalue weighted by atomic mass is 9.80. The molecule has 1 N–H and O–H groups in total. The third-order valence-corrected chi connectivity index (χ3v) is 6.20. The Morgan fingerprint density at radius 1 is 0.838 bits per heavy atom. The number of nitrogens with zero attached hydrogens (tertiary/aromatic N) is 1. The van der Waals surface area contributed by atoms with Gasteiger partial charge in [0.1, 0.15) is 11.7 Å². The van der Waals surface area contributed by atoms with E-state index in [4.69, 9.17) is 9.47 Å². The Morgan fingerprint density at radius 3 is 1.76 bits per heavy atom. The predicted molar refractivity (Wildman–Crippen MR) is 146 cm³/mol. The normalized spacial score (nSPS) is 13.0. The number of rotatable bonds is 11. The van der Waals surface area contributed by atoms with Crippen molar-refractivity contribution in [2.24, 2.45) is 0 Å². The summed E-state index contributed by atoms with van der Waals surface area (Å²) in [5, 5.41) is 0. The van der Waals surface area contributed by atoms with E-state index in [0.29, 0.717) is 5.56 Å². The summed E-state index contributed by atoms with van der Waals surface area (Å²) < 4.78 is 14.3. The number of H-pyrrole nitrogens is 1. The summed E-state index contributed by atoms with van der Waals surface area (Å²) in [6, 6.07) is 30.1. The lowest BCUT2D eigenvalue weighted by Crippen LogP contribution is -2.38. The third kappa shape index (κ3) is 5.45. The molecule has 0 bridgehead atoms. The Balaban J connectivity index is 1.72. The van der Waals surface area contributed by atoms with Gasteiger partial charge in [-0.2, -0.15) is 0 Å². The summed E-state index contributed by atoms with van der Waals surface area (Å²) >= 11 is 0. The Morgan fingerprint density at radius 2 is 1.32 bits per heavy atom. The number of ether oxygens (including phenoxy) is 2. The van der Waals surface area contributed by atoms with Crippen molar-refractivity contribution in [1.29, 1.82) is 0 Å². The van der Waals surface area contributed by atoms with E-state index >= 15 is 0 Å². The summed E-state index contributed by atoms with van der Waals surface area (Å²) in [4.78, 5) is 26.6. The molecule has 0 aliphatic heterocycles. The van der Waals surface area contributed by atoms with E-state index in [0.717, 1.165) is 16.7 Å². The Hall–Kier alpha value is -4.26. The summed E-state index contributed by atoms with van der Waals surface area (Å²) in [6.45, 7) is 9.50. The van der Waals surface area contributed by atoms with Crippen LogP contribution in [-0.2, 0) is 15.1 Å². The SMILES string of the molecule is C=C[C@@H](COC(c1ccccc1)(c1ccccc1)c1ccccc1)O[C@H](C=C)n1cc(C)c(=O)[nH]c1=O. The summed E-state index contributed by atoms with van der Waals surface area (Å²) in [6.07, 6.45) is 3.14. The van der Waals surface area contributed by atoms with Gasteiger partial charge in [-0.1, -0.05) is 104 Å². The van der Waals surface area contributed by atoms with E-state index in [1.165, 1.54) is 16.8 Å². The lowest BCUT2D eigenvalue weighted by Gasteiger charge is -2.37. The number of benzene rings is 3. The molecule has 0 saturated heterocycles. The molecular formula is C31H30N2O4. The first-order chi connectivity index (χ1) is 18.0. The molecule has 6 heteroatoms. The molecule has 37 heavy (non-hydrogen) atoms. The van der Waals surface area contributed by atoms with Crippen LogP contribution in [-0.4, -0.2) is 22.3 Å². The molecule has 1 aromatic heterocycles. The molecule has 6 nitrogen and oxygen atoms in total. The Labute approximate surface area is 216 Å². The van der Waals surface area contributed by atoms with Crippen molar-refractivity contribution in [2.75, 3.05) is 6.61 Å². The minimum Gasteiger partial charge on any atom is -0.358 e. The van der Waals surface area contributed by atoms with Crippen molar-refractivity contribution in [3.63, 3.8) is 0 Å². The molecule has 2 atom stereocenters. The van der Waals surface area contributed by atoms with Crippen LogP contribution in [0.15, 0.2) is 132 Å². The van der Waals surface area contributed by atoms with Crippen LogP contribution in [0.1, 0.15) is 28.5 Å². The van der Waals surface area contributed by atoms with Gasteiger partial charge in [0.05, 0.1) is 6.61 Å². The average molecular weight is 495 g/mol. The zero-order valence-corrected chi connectivity index (χ0v) is 20.7. The number of nitrogens with one attached hydrogen (secondary N) is 1. The third-order valence-electron chi connectivity index (χ3n) is 6.20. The zero-order chi connectivity index (χ0) is 26.3. The van der Waals surface area contributed by atoms with Crippen LogP contribution >= 0.6 is 0 Å². The van der Waals surface area contributed by atoms with Crippen LogP contribution in [0.2, 0.25) is 0 Å². The van der Waals surface area contributed by atoms with Gasteiger partial charge in [-0.3, -0.25) is 14.3 Å². The van der Waals surface area contributed by atoms with Crippen LogP contribution in [0.4, 0.5) is 0 Å². The molecule has 188 valence electrons. The molecule has 0 aliphatic carbocycles. The second-order valence-electron chi connectivity index (χ2n) is 8.61. The van der Waals surface area contributed by atoms with E-state index in [-0.39, 0.29) is 6.61 Å². The first-order valence-electron chi connectivity index (χ1n) is 12.0. The maximum absolute atomic E-state index is 12.5. The van der Waals surface area contributed by atoms with Crippen molar-refractivity contribution < 1.29 is 9.47 Å². The number of hydrogen-bond acceptors (Lipinski definition) is 4. The van der Waals surface area contributed by atoms with Gasteiger partial charge in [0.25, 0.3) is 5.56 Å². The van der Waals surface area contributed by atoms with Gasteiger partial charge in [-0.25, -0.2) is 4.79 Å². The molecule has 0 radical (unpaired) electrons. The number of aromatic amines is 1. The fourth-order valence-corrected chi connectivity index (χ4v) is 4.33. The van der Waals surface area contributed by atoms with Crippen LogP contribution in [0.5, 0.6) is 0 Å². The summed E-state index contributed by atoms with van der Waals surface area (Å²) in [7, 11) is 0. The van der Waals surface area contributed by atoms with Crippen molar-refractivity contribution >= 4 is 0 Å². The first-order valence-corrected chi connectivity index (χ1v) is 12.0. The standard InChI is InChI=1S/C31H30N2O4/c1-4-27(37-28(5-2)33-21-23(3)29(34)32-30(33)35)22-36-31(24-15-9-6-10-16-24,25-17-11-7-12-18-25)26-19-13-8-14-20-26/h4-21,27-28H,1-2,22H2,3H3,(H,32,34,35)/t27-,28+/m0/s1. The minimum absolute atomic E-state index is 0.129. The van der Waals surface area contributed by atoms with Crippen LogP contribution in [0, 0.1) is 6.92 Å². The number of aryl methyl sites for hydroxylation is 1. The number of aromatic nitrogens is 2. The molecule has 0 spiro atoms. The lowest BCUT2D eigenvalue weighted by molar-refractivity contribution is -0.0791. The van der Waals surface area contributed by atoms with Crippen LogP contribution < -0.4 is 11.2 Å². The smallest absolute Gasteiger partial charge is 0.330 e. The van der Waals surface area contributed by atoms with Crippen molar-refractivity contribution in [2.45, 2.75) is 24.9 Å². The molecule has 0 aliphatic rings. The fourth-order valence-electron chi connectivity index (χ4n) is 4.33. The second kappa shape index (κ2) is 11.6. The maximum Gasteiger partial charge on any atom is 0.330 e. The van der Waals surface area contributed by atoms with Gasteiger partial charge in [-0.05, 0) is 29.7 Å². The quantitative estimate of drug-likeness (QED) is 0.232. The van der Waals surface area contributed by atoms with Crippen LogP contribution in [0.25, 0.3) is 0 Å². The van der Waals surface area contributed by atoms with E-state index in [1.54, 1.807) is 13.0 Å². The molecule has 4 rings (SSSR count). The van der Waals surface area contributed by atoms with Gasteiger partial charge in [0.15, 0.2) is 6.23 Å². The molecule has 0 unspecified atom stereocenters. The molecule has 0 saturated carbocycles. The highest BCUT2D eigenvalue weighted by atomic mass is 16.6. The van der Waals surface area contributed by atoms with Gasteiger partial charge in [0.2, 0.25) is 0 Å². The van der Waals surface area contributed by atoms with E-state index < -0.39 is 29.2 Å². The molecular weight excluding hydrogens is 464 g/mol. The molecule has 1 heterocycles. The van der Waals surface area contributed by atoms with Crippen molar-refractivity contribution in [1.82, 2.24) is 9.55 Å². The average Bonchev–Trinajstić information content (AvgIpc) is 2.95. The van der Waals surface area contributed by atoms with E-state index in [2.05, 4.69) is 18.1 Å². The van der Waals surface area contributed by atoms with Gasteiger partial charge in [-0.15, -0.1) is 6.58 Å². The highest BCUT2D eigenvalue weighted by molar-refractivity contribution is 5.47. The predicted octanol–water partition coefficient (Wildman–Crippen LogP) is 5.11. The highest BCUT2D eigenvalue weighted by Gasteiger charge is 2.38. The zero-order valence-electron chi connectivity index (χ0n) is 20.7. The first kappa shape index (κ1) is 25.8. The van der Waals surface area contributed by atoms with Gasteiger partial charge >= 0.3 is 5.69 Å². The van der Waals surface area contributed by atoms with E-state index in [9.17, 15) is 9.59 Å². The maximum atomic E-state index is 12.5. The van der Waals surface area contributed by atoms with Gasteiger partial charge in [0, 0.05) is 11.8 Å². The molecule has 4 aromatic rings. The molecule has 3 aromatic carbocycles.